The maximum atomic E-state index is 13.2. The van der Waals surface area contributed by atoms with Gasteiger partial charge in [0.05, 0.1) is 18.1 Å². The SMILES string of the molecule is Cc1ccc(C(C)(O)C(F)(F)F)cc1-c1cnc2cnc(C(=O)O)c(N)n12. The molecule has 10 heteroatoms. The van der Waals surface area contributed by atoms with E-state index in [0.29, 0.717) is 18.1 Å². The summed E-state index contributed by atoms with van der Waals surface area (Å²) in [5.74, 6) is -1.56. The number of hydrogen-bond acceptors (Lipinski definition) is 5. The van der Waals surface area contributed by atoms with Gasteiger partial charge >= 0.3 is 12.1 Å². The summed E-state index contributed by atoms with van der Waals surface area (Å²) in [5, 5.41) is 19.1. The van der Waals surface area contributed by atoms with E-state index < -0.39 is 23.4 Å². The van der Waals surface area contributed by atoms with Crippen molar-refractivity contribution in [3.63, 3.8) is 0 Å². The number of nitrogens with zero attached hydrogens (tertiary/aromatic N) is 3. The Bertz CT molecular complexity index is 1060. The molecular weight excluding hydrogens is 365 g/mol. The maximum Gasteiger partial charge on any atom is 0.421 e. The van der Waals surface area contributed by atoms with Crippen molar-refractivity contribution in [2.45, 2.75) is 25.6 Å². The third-order valence-corrected chi connectivity index (χ3v) is 4.41. The molecule has 0 amide bonds. The van der Waals surface area contributed by atoms with Crippen LogP contribution in [0.1, 0.15) is 28.5 Å². The summed E-state index contributed by atoms with van der Waals surface area (Å²) in [7, 11) is 0. The van der Waals surface area contributed by atoms with Gasteiger partial charge < -0.3 is 15.9 Å². The second kappa shape index (κ2) is 5.95. The van der Waals surface area contributed by atoms with Crippen LogP contribution in [0.25, 0.3) is 16.9 Å². The topological polar surface area (TPSA) is 114 Å². The smallest absolute Gasteiger partial charge is 0.421 e. The molecule has 0 radical (unpaired) electrons. The second-order valence-electron chi connectivity index (χ2n) is 6.23. The van der Waals surface area contributed by atoms with Gasteiger partial charge in [0.1, 0.15) is 5.82 Å². The van der Waals surface area contributed by atoms with Gasteiger partial charge in [0.25, 0.3) is 0 Å². The Morgan fingerprint density at radius 3 is 2.48 bits per heavy atom. The van der Waals surface area contributed by atoms with E-state index in [2.05, 4.69) is 9.97 Å². The van der Waals surface area contributed by atoms with Crippen molar-refractivity contribution >= 4 is 17.4 Å². The number of imidazole rings is 1. The van der Waals surface area contributed by atoms with Crippen LogP contribution in [0.3, 0.4) is 0 Å². The van der Waals surface area contributed by atoms with Crippen LogP contribution in [0.4, 0.5) is 19.0 Å². The molecule has 4 N–H and O–H groups in total. The molecule has 142 valence electrons. The highest BCUT2D eigenvalue weighted by atomic mass is 19.4. The fraction of sp³-hybridized carbons (Fsp3) is 0.235. The van der Waals surface area contributed by atoms with Gasteiger partial charge in [0.15, 0.2) is 16.9 Å². The first-order valence-electron chi connectivity index (χ1n) is 7.71. The van der Waals surface area contributed by atoms with E-state index in [1.165, 1.54) is 35.0 Å². The van der Waals surface area contributed by atoms with Crippen molar-refractivity contribution in [3.8, 4) is 11.3 Å². The quantitative estimate of drug-likeness (QED) is 0.644. The highest BCUT2D eigenvalue weighted by molar-refractivity contribution is 5.91. The van der Waals surface area contributed by atoms with Gasteiger partial charge in [-0.1, -0.05) is 12.1 Å². The van der Waals surface area contributed by atoms with Gasteiger partial charge in [0.2, 0.25) is 0 Å². The van der Waals surface area contributed by atoms with E-state index in [1.807, 2.05) is 0 Å². The number of nitrogens with two attached hydrogens (primary N) is 1. The molecule has 0 aliphatic heterocycles. The van der Waals surface area contributed by atoms with E-state index in [4.69, 9.17) is 5.73 Å². The summed E-state index contributed by atoms with van der Waals surface area (Å²) >= 11 is 0. The number of halogens is 3. The van der Waals surface area contributed by atoms with Crippen molar-refractivity contribution in [1.29, 1.82) is 0 Å². The average molecular weight is 380 g/mol. The molecular formula is C17H15F3N4O3. The van der Waals surface area contributed by atoms with Crippen molar-refractivity contribution in [3.05, 3.63) is 47.4 Å². The zero-order chi connectivity index (χ0) is 20.1. The van der Waals surface area contributed by atoms with Crippen LogP contribution in [0, 0.1) is 6.92 Å². The zero-order valence-electron chi connectivity index (χ0n) is 14.2. The molecule has 0 saturated heterocycles. The van der Waals surface area contributed by atoms with E-state index >= 15 is 0 Å². The van der Waals surface area contributed by atoms with E-state index in [1.54, 1.807) is 6.92 Å². The average Bonchev–Trinajstić information content (AvgIpc) is 2.98. The molecule has 0 bridgehead atoms. The molecule has 27 heavy (non-hydrogen) atoms. The first kappa shape index (κ1) is 18.6. The number of hydrogen-bond donors (Lipinski definition) is 3. The second-order valence-corrected chi connectivity index (χ2v) is 6.23. The minimum atomic E-state index is -4.88. The minimum absolute atomic E-state index is 0.208. The van der Waals surface area contributed by atoms with Crippen molar-refractivity contribution in [2.75, 3.05) is 5.73 Å². The van der Waals surface area contributed by atoms with Gasteiger partial charge in [-0.3, -0.25) is 4.40 Å². The predicted molar refractivity (Wildman–Crippen MR) is 90.2 cm³/mol. The Balaban J connectivity index is 2.28. The van der Waals surface area contributed by atoms with Crippen LogP contribution < -0.4 is 5.73 Å². The molecule has 0 spiro atoms. The normalized spacial score (nSPS) is 14.3. The first-order valence-corrected chi connectivity index (χ1v) is 7.71. The fourth-order valence-electron chi connectivity index (χ4n) is 2.72. The lowest BCUT2D eigenvalue weighted by atomic mass is 9.91. The maximum absolute atomic E-state index is 13.2. The van der Waals surface area contributed by atoms with Crippen LogP contribution in [-0.2, 0) is 5.60 Å². The molecule has 3 aromatic rings. The monoisotopic (exact) mass is 380 g/mol. The number of anilines is 1. The minimum Gasteiger partial charge on any atom is -0.476 e. The summed E-state index contributed by atoms with van der Waals surface area (Å²) in [6.45, 7) is 2.33. The van der Waals surface area contributed by atoms with E-state index in [0.717, 1.165) is 0 Å². The molecule has 0 aliphatic rings. The summed E-state index contributed by atoms with van der Waals surface area (Å²) in [5.41, 5.74) is 3.49. The van der Waals surface area contributed by atoms with Crippen LogP contribution >= 0.6 is 0 Å². The number of benzene rings is 1. The van der Waals surface area contributed by atoms with Crippen molar-refractivity contribution < 1.29 is 28.2 Å². The number of aromatic carboxylic acids is 1. The molecule has 1 aromatic carbocycles. The highest BCUT2D eigenvalue weighted by Crippen LogP contribution is 2.40. The number of fused-ring (bicyclic) bond motifs is 1. The number of alkyl halides is 3. The Kier molecular flexibility index (Phi) is 4.11. The molecule has 1 unspecified atom stereocenters. The third-order valence-electron chi connectivity index (χ3n) is 4.41. The number of aromatic nitrogens is 3. The molecule has 2 aromatic heterocycles. The Hall–Kier alpha value is -3.14. The number of rotatable bonds is 3. The number of aliphatic hydroxyl groups is 1. The number of nitrogen functional groups attached to an aromatic ring is 1. The van der Waals surface area contributed by atoms with Gasteiger partial charge in [-0.2, -0.15) is 13.2 Å². The zero-order valence-corrected chi connectivity index (χ0v) is 14.2. The van der Waals surface area contributed by atoms with Crippen LogP contribution in [-0.4, -0.2) is 36.7 Å². The Labute approximate surface area is 150 Å². The number of carboxylic acid groups (broad SMARTS) is 1. The molecule has 2 heterocycles. The molecule has 0 fully saturated rings. The van der Waals surface area contributed by atoms with Gasteiger partial charge in [-0.25, -0.2) is 14.8 Å². The predicted octanol–water partition coefficient (Wildman–Crippen LogP) is 2.75. The largest absolute Gasteiger partial charge is 0.476 e. The van der Waals surface area contributed by atoms with Crippen LogP contribution in [0.15, 0.2) is 30.6 Å². The summed E-state index contributed by atoms with van der Waals surface area (Å²) in [4.78, 5) is 19.1. The van der Waals surface area contributed by atoms with Crippen LogP contribution in [0.2, 0.25) is 0 Å². The Morgan fingerprint density at radius 2 is 1.89 bits per heavy atom. The summed E-state index contributed by atoms with van der Waals surface area (Å²) in [6.07, 6.45) is -2.32. The van der Waals surface area contributed by atoms with Gasteiger partial charge in [0, 0.05) is 5.56 Å². The van der Waals surface area contributed by atoms with Gasteiger partial charge in [-0.15, -0.1) is 0 Å². The third kappa shape index (κ3) is 2.87. The fourth-order valence-corrected chi connectivity index (χ4v) is 2.72. The summed E-state index contributed by atoms with van der Waals surface area (Å²) in [6, 6.07) is 3.80. The molecule has 3 rings (SSSR count). The number of carboxylic acids is 1. The van der Waals surface area contributed by atoms with E-state index in [-0.39, 0.29) is 22.7 Å². The summed E-state index contributed by atoms with van der Waals surface area (Å²) < 4.78 is 40.9. The molecule has 7 nitrogen and oxygen atoms in total. The highest BCUT2D eigenvalue weighted by Gasteiger charge is 2.51. The van der Waals surface area contributed by atoms with Gasteiger partial charge in [-0.05, 0) is 31.0 Å². The molecule has 0 saturated carbocycles. The number of carbonyl (C=O) groups is 1. The molecule has 0 aliphatic carbocycles. The molecule has 1 atom stereocenters. The number of aryl methyl sites for hydroxylation is 1. The van der Waals surface area contributed by atoms with E-state index in [9.17, 15) is 28.2 Å². The lowest BCUT2D eigenvalue weighted by Gasteiger charge is -2.27. The first-order chi connectivity index (χ1) is 12.4. The Morgan fingerprint density at radius 1 is 1.22 bits per heavy atom. The standard InChI is InChI=1S/C17H15F3N4O3/c1-8-3-4-9(16(2,27)17(18,19)20)5-10(8)11-6-22-12-7-23-13(15(25)26)14(21)24(11)12/h3-7,27H,21H2,1-2H3,(H,25,26). The van der Waals surface area contributed by atoms with Crippen LogP contribution in [0.5, 0.6) is 0 Å². The lowest BCUT2D eigenvalue weighted by molar-refractivity contribution is -0.258. The van der Waals surface area contributed by atoms with Crippen molar-refractivity contribution in [1.82, 2.24) is 14.4 Å². The van der Waals surface area contributed by atoms with Crippen molar-refractivity contribution in [2.24, 2.45) is 0 Å². The lowest BCUT2D eigenvalue weighted by Crippen LogP contribution is -2.39.